The first-order chi connectivity index (χ1) is 8.22. The van der Waals surface area contributed by atoms with Gasteiger partial charge >= 0.3 is 0 Å². The van der Waals surface area contributed by atoms with E-state index in [1.165, 1.54) is 5.56 Å². The lowest BCUT2D eigenvalue weighted by Crippen LogP contribution is -2.38. The maximum atomic E-state index is 11.3. The third-order valence-electron chi connectivity index (χ3n) is 2.44. The van der Waals surface area contributed by atoms with Gasteiger partial charge in [-0.15, -0.1) is 11.6 Å². The van der Waals surface area contributed by atoms with Crippen molar-refractivity contribution in [2.24, 2.45) is 5.73 Å². The number of hydrogen-bond acceptors (Lipinski definition) is 2. The molecule has 3 nitrogen and oxygen atoms in total. The highest BCUT2D eigenvalue weighted by atomic mass is 35.5. The minimum atomic E-state index is -0.0441. The maximum absolute atomic E-state index is 11.3. The van der Waals surface area contributed by atoms with E-state index >= 15 is 0 Å². The second-order valence-electron chi connectivity index (χ2n) is 4.05. The molecule has 1 aromatic rings. The van der Waals surface area contributed by atoms with Gasteiger partial charge in [-0.05, 0) is 18.4 Å². The lowest BCUT2D eigenvalue weighted by molar-refractivity contribution is -0.121. The largest absolute Gasteiger partial charge is 0.355 e. The van der Waals surface area contributed by atoms with Crippen molar-refractivity contribution in [3.05, 3.63) is 35.9 Å². The number of alkyl halides is 1. The number of hydrogen-bond donors (Lipinski definition) is 2. The molecule has 0 heterocycles. The van der Waals surface area contributed by atoms with E-state index in [9.17, 15) is 4.79 Å². The van der Waals surface area contributed by atoms with Gasteiger partial charge in [-0.2, -0.15) is 0 Å². The molecule has 1 amide bonds. The van der Waals surface area contributed by atoms with Gasteiger partial charge < -0.3 is 11.1 Å². The average molecular weight is 255 g/mol. The predicted octanol–water partition coefficient (Wildman–Crippen LogP) is 1.69. The molecule has 3 N–H and O–H groups in total. The zero-order valence-electron chi connectivity index (χ0n) is 9.86. The Labute approximate surface area is 107 Å². The summed E-state index contributed by atoms with van der Waals surface area (Å²) < 4.78 is 0. The van der Waals surface area contributed by atoms with Gasteiger partial charge in [0, 0.05) is 24.9 Å². The van der Waals surface area contributed by atoms with Crippen LogP contribution in [0.4, 0.5) is 0 Å². The molecule has 0 aromatic heterocycles. The highest BCUT2D eigenvalue weighted by Gasteiger charge is 2.06. The van der Waals surface area contributed by atoms with Gasteiger partial charge in [-0.1, -0.05) is 30.3 Å². The van der Waals surface area contributed by atoms with Crippen LogP contribution >= 0.6 is 11.6 Å². The summed E-state index contributed by atoms with van der Waals surface area (Å²) in [6.07, 6.45) is 1.96. The van der Waals surface area contributed by atoms with Crippen molar-refractivity contribution in [3.8, 4) is 0 Å². The van der Waals surface area contributed by atoms with Gasteiger partial charge in [0.1, 0.15) is 0 Å². The molecule has 94 valence electrons. The fourth-order valence-electron chi connectivity index (χ4n) is 1.55. The highest BCUT2D eigenvalue weighted by molar-refractivity contribution is 6.17. The van der Waals surface area contributed by atoms with Crippen LogP contribution < -0.4 is 11.1 Å². The van der Waals surface area contributed by atoms with Crippen molar-refractivity contribution < 1.29 is 4.79 Å². The predicted molar refractivity (Wildman–Crippen MR) is 71.1 cm³/mol. The van der Waals surface area contributed by atoms with Crippen molar-refractivity contribution in [2.75, 3.05) is 12.4 Å². The lowest BCUT2D eigenvalue weighted by atomic mass is 10.1. The smallest absolute Gasteiger partial charge is 0.220 e. The summed E-state index contributed by atoms with van der Waals surface area (Å²) in [7, 11) is 0. The SMILES string of the molecule is N[C@@H](CNC(=O)CCCCl)Cc1ccccc1. The minimum absolute atomic E-state index is 0.0224. The topological polar surface area (TPSA) is 55.1 Å². The third kappa shape index (κ3) is 6.29. The van der Waals surface area contributed by atoms with Crippen molar-refractivity contribution in [3.63, 3.8) is 0 Å². The molecule has 0 radical (unpaired) electrons. The van der Waals surface area contributed by atoms with Crippen molar-refractivity contribution in [1.82, 2.24) is 5.32 Å². The molecule has 17 heavy (non-hydrogen) atoms. The van der Waals surface area contributed by atoms with Crippen LogP contribution in [0.5, 0.6) is 0 Å². The molecule has 0 aliphatic heterocycles. The molecule has 0 fully saturated rings. The number of benzene rings is 1. The summed E-state index contributed by atoms with van der Waals surface area (Å²) in [6.45, 7) is 0.510. The van der Waals surface area contributed by atoms with E-state index in [2.05, 4.69) is 5.32 Å². The molecule has 1 rings (SSSR count). The summed E-state index contributed by atoms with van der Waals surface area (Å²) >= 11 is 5.51. The number of carbonyl (C=O) groups is 1. The Hall–Kier alpha value is -1.06. The van der Waals surface area contributed by atoms with E-state index in [1.807, 2.05) is 30.3 Å². The zero-order chi connectivity index (χ0) is 12.5. The first-order valence-electron chi connectivity index (χ1n) is 5.84. The van der Waals surface area contributed by atoms with E-state index in [0.29, 0.717) is 25.3 Å². The van der Waals surface area contributed by atoms with E-state index < -0.39 is 0 Å². The Morgan fingerprint density at radius 2 is 2.06 bits per heavy atom. The fourth-order valence-corrected chi connectivity index (χ4v) is 1.68. The van der Waals surface area contributed by atoms with Crippen LogP contribution in [0.15, 0.2) is 30.3 Å². The van der Waals surface area contributed by atoms with Crippen LogP contribution in [0.2, 0.25) is 0 Å². The molecular weight excluding hydrogens is 236 g/mol. The van der Waals surface area contributed by atoms with Gasteiger partial charge in [0.2, 0.25) is 5.91 Å². The third-order valence-corrected chi connectivity index (χ3v) is 2.71. The molecule has 0 aliphatic rings. The number of nitrogens with two attached hydrogens (primary N) is 1. The van der Waals surface area contributed by atoms with Gasteiger partial charge in [0.05, 0.1) is 0 Å². The van der Waals surface area contributed by atoms with Crippen LogP contribution in [-0.4, -0.2) is 24.4 Å². The number of rotatable bonds is 7. The minimum Gasteiger partial charge on any atom is -0.355 e. The van der Waals surface area contributed by atoms with Gasteiger partial charge in [0.15, 0.2) is 0 Å². The van der Waals surface area contributed by atoms with Gasteiger partial charge in [0.25, 0.3) is 0 Å². The molecule has 0 aliphatic carbocycles. The number of carbonyl (C=O) groups excluding carboxylic acids is 1. The Morgan fingerprint density at radius 1 is 1.35 bits per heavy atom. The summed E-state index contributed by atoms with van der Waals surface area (Å²) in [5.74, 6) is 0.540. The molecule has 0 saturated carbocycles. The molecule has 1 aromatic carbocycles. The Morgan fingerprint density at radius 3 is 2.71 bits per heavy atom. The summed E-state index contributed by atoms with van der Waals surface area (Å²) in [6, 6.07) is 9.98. The quantitative estimate of drug-likeness (QED) is 0.728. The maximum Gasteiger partial charge on any atom is 0.220 e. The number of halogens is 1. The van der Waals surface area contributed by atoms with Gasteiger partial charge in [-0.25, -0.2) is 0 Å². The van der Waals surface area contributed by atoms with Crippen LogP contribution in [-0.2, 0) is 11.2 Å². The summed E-state index contributed by atoms with van der Waals surface area (Å²) in [5.41, 5.74) is 7.13. The second-order valence-corrected chi connectivity index (χ2v) is 4.42. The molecule has 4 heteroatoms. The van der Waals surface area contributed by atoms with Crippen molar-refractivity contribution in [2.45, 2.75) is 25.3 Å². The summed E-state index contributed by atoms with van der Waals surface area (Å²) in [4.78, 5) is 11.3. The zero-order valence-corrected chi connectivity index (χ0v) is 10.6. The Kier molecular flexibility index (Phi) is 6.67. The molecule has 0 unspecified atom stereocenters. The van der Waals surface area contributed by atoms with E-state index in [1.54, 1.807) is 0 Å². The second kappa shape index (κ2) is 8.09. The Bertz CT molecular complexity index is 329. The normalized spacial score (nSPS) is 12.1. The molecule has 0 bridgehead atoms. The van der Waals surface area contributed by atoms with Crippen LogP contribution in [0.1, 0.15) is 18.4 Å². The van der Waals surface area contributed by atoms with Crippen LogP contribution in [0.3, 0.4) is 0 Å². The van der Waals surface area contributed by atoms with Crippen LogP contribution in [0, 0.1) is 0 Å². The van der Waals surface area contributed by atoms with E-state index in [4.69, 9.17) is 17.3 Å². The van der Waals surface area contributed by atoms with Crippen molar-refractivity contribution >= 4 is 17.5 Å². The fraction of sp³-hybridized carbons (Fsp3) is 0.462. The number of nitrogens with one attached hydrogen (secondary N) is 1. The first kappa shape index (κ1) is 14.0. The number of amides is 1. The average Bonchev–Trinajstić information content (AvgIpc) is 2.35. The highest BCUT2D eigenvalue weighted by Crippen LogP contribution is 2.01. The van der Waals surface area contributed by atoms with Crippen molar-refractivity contribution in [1.29, 1.82) is 0 Å². The molecule has 1 atom stereocenters. The summed E-state index contributed by atoms with van der Waals surface area (Å²) in [5, 5.41) is 2.81. The monoisotopic (exact) mass is 254 g/mol. The lowest BCUT2D eigenvalue weighted by Gasteiger charge is -2.12. The first-order valence-corrected chi connectivity index (χ1v) is 6.38. The van der Waals surface area contributed by atoms with Gasteiger partial charge in [-0.3, -0.25) is 4.79 Å². The van der Waals surface area contributed by atoms with Crippen LogP contribution in [0.25, 0.3) is 0 Å². The van der Waals surface area contributed by atoms with E-state index in [-0.39, 0.29) is 11.9 Å². The molecule has 0 spiro atoms. The molecular formula is C13H19ClN2O. The van der Waals surface area contributed by atoms with E-state index in [0.717, 1.165) is 6.42 Å². The Balaban J connectivity index is 2.21. The standard InChI is InChI=1S/C13H19ClN2O/c14-8-4-7-13(17)16-10-12(15)9-11-5-2-1-3-6-11/h1-3,5-6,12H,4,7-10,15H2,(H,16,17)/t12-/m1/s1. The molecule has 0 saturated heterocycles.